The number of amides is 2. The number of benzene rings is 2. The van der Waals surface area contributed by atoms with E-state index in [1.165, 1.54) is 6.42 Å². The van der Waals surface area contributed by atoms with Crippen molar-refractivity contribution in [3.05, 3.63) is 61.5 Å². The van der Waals surface area contributed by atoms with Gasteiger partial charge < -0.3 is 15.0 Å². The zero-order chi connectivity index (χ0) is 24.7. The molecule has 1 fully saturated rings. The first kappa shape index (κ1) is 27.1. The van der Waals surface area contributed by atoms with Gasteiger partial charge in [0.05, 0.1) is 14.5 Å². The quantitative estimate of drug-likeness (QED) is 0.341. The van der Waals surface area contributed by atoms with Crippen LogP contribution in [0.1, 0.15) is 51.0 Å². The topological polar surface area (TPSA) is 58.6 Å². The maximum Gasteiger partial charge on any atom is 0.261 e. The lowest BCUT2D eigenvalue weighted by Gasteiger charge is -2.32. The van der Waals surface area contributed by atoms with E-state index in [-0.39, 0.29) is 31.0 Å². The van der Waals surface area contributed by atoms with Gasteiger partial charge in [0.2, 0.25) is 5.91 Å². The molecule has 184 valence electrons. The van der Waals surface area contributed by atoms with Crippen LogP contribution in [0.3, 0.4) is 0 Å². The average Bonchev–Trinajstić information content (AvgIpc) is 2.81. The third-order valence-corrected chi connectivity index (χ3v) is 7.51. The summed E-state index contributed by atoms with van der Waals surface area (Å²) >= 11 is 21.7. The number of carbonyl (C=O) groups excluding carboxylic acids is 2. The Morgan fingerprint density at radius 3 is 2.47 bits per heavy atom. The van der Waals surface area contributed by atoms with Crippen LogP contribution < -0.4 is 10.1 Å². The number of nitrogens with one attached hydrogen (secondary N) is 1. The number of ether oxygens (including phenoxy) is 1. The summed E-state index contributed by atoms with van der Waals surface area (Å²) in [5.74, 6) is 0.0426. The van der Waals surface area contributed by atoms with Gasteiger partial charge in [-0.15, -0.1) is 0 Å². The average molecular weight is 591 g/mol. The van der Waals surface area contributed by atoms with Crippen LogP contribution in [0.2, 0.25) is 15.1 Å². The Labute approximate surface area is 224 Å². The molecule has 0 bridgehead atoms. The first-order valence-electron chi connectivity index (χ1n) is 11.4. The molecular formula is C25H28BrCl3N2O3. The van der Waals surface area contributed by atoms with Crippen molar-refractivity contribution in [1.29, 1.82) is 0 Å². The second-order valence-electron chi connectivity index (χ2n) is 8.40. The number of nitrogens with zero attached hydrogens (tertiary/aromatic N) is 1. The molecule has 1 aliphatic rings. The van der Waals surface area contributed by atoms with Crippen LogP contribution in [0.25, 0.3) is 0 Å². The van der Waals surface area contributed by atoms with E-state index in [2.05, 4.69) is 21.2 Å². The highest BCUT2D eigenvalue weighted by Gasteiger charge is 2.30. The fourth-order valence-electron chi connectivity index (χ4n) is 4.11. The summed E-state index contributed by atoms with van der Waals surface area (Å²) in [6.07, 6.45) is 5.82. The minimum absolute atomic E-state index is 0.143. The summed E-state index contributed by atoms with van der Waals surface area (Å²) in [4.78, 5) is 28.2. The van der Waals surface area contributed by atoms with Crippen molar-refractivity contribution >= 4 is 62.5 Å². The van der Waals surface area contributed by atoms with Crippen LogP contribution in [0.15, 0.2) is 40.9 Å². The molecule has 2 amide bonds. The smallest absolute Gasteiger partial charge is 0.261 e. The largest absolute Gasteiger partial charge is 0.483 e. The Kier molecular flexibility index (Phi) is 10.4. The summed E-state index contributed by atoms with van der Waals surface area (Å²) in [6.45, 7) is 1.88. The summed E-state index contributed by atoms with van der Waals surface area (Å²) in [7, 11) is 0. The molecule has 1 aliphatic carbocycles. The Morgan fingerprint density at radius 2 is 1.82 bits per heavy atom. The lowest BCUT2D eigenvalue weighted by Crippen LogP contribution is -2.52. The standard InChI is InChI=1S/C25H28BrCl3N2O3/c1-2-22(25(33)30-18-6-4-3-5-7-18)31(14-16-8-10-20(28)21(29)12-16)24(32)15-34-23-11-9-17(27)13-19(23)26/h8-13,18,22H,2-7,14-15H2,1H3,(H,30,33). The lowest BCUT2D eigenvalue weighted by molar-refractivity contribution is -0.143. The summed E-state index contributed by atoms with van der Waals surface area (Å²) in [5.41, 5.74) is 0.777. The van der Waals surface area contributed by atoms with E-state index >= 15 is 0 Å². The molecule has 2 aromatic rings. The van der Waals surface area contributed by atoms with Crippen molar-refractivity contribution in [2.45, 2.75) is 64.1 Å². The highest BCUT2D eigenvalue weighted by molar-refractivity contribution is 9.10. The second kappa shape index (κ2) is 13.0. The molecule has 0 saturated heterocycles. The number of halogens is 4. The second-order valence-corrected chi connectivity index (χ2v) is 10.5. The van der Waals surface area contributed by atoms with Gasteiger partial charge in [-0.25, -0.2) is 0 Å². The Hall–Kier alpha value is -1.47. The van der Waals surface area contributed by atoms with Gasteiger partial charge in [-0.05, 0) is 71.1 Å². The lowest BCUT2D eigenvalue weighted by atomic mass is 9.95. The Bertz CT molecular complexity index is 1010. The molecule has 0 radical (unpaired) electrons. The molecule has 3 rings (SSSR count). The van der Waals surface area contributed by atoms with Gasteiger partial charge in [0.15, 0.2) is 6.61 Å². The van der Waals surface area contributed by atoms with E-state index in [0.29, 0.717) is 31.7 Å². The molecule has 34 heavy (non-hydrogen) atoms. The maximum atomic E-state index is 13.4. The molecule has 1 unspecified atom stereocenters. The molecule has 0 aromatic heterocycles. The van der Waals surface area contributed by atoms with Crippen molar-refractivity contribution in [2.24, 2.45) is 0 Å². The molecule has 1 N–H and O–H groups in total. The van der Waals surface area contributed by atoms with E-state index in [9.17, 15) is 9.59 Å². The van der Waals surface area contributed by atoms with Crippen molar-refractivity contribution in [3.63, 3.8) is 0 Å². The zero-order valence-electron chi connectivity index (χ0n) is 19.0. The molecule has 1 saturated carbocycles. The SMILES string of the molecule is CCC(C(=O)NC1CCCCC1)N(Cc1ccc(Cl)c(Cl)c1)C(=O)COc1ccc(Cl)cc1Br. The molecule has 1 atom stereocenters. The van der Waals surface area contributed by atoms with Gasteiger partial charge in [0.25, 0.3) is 5.91 Å². The molecule has 0 aliphatic heterocycles. The highest BCUT2D eigenvalue weighted by Crippen LogP contribution is 2.28. The van der Waals surface area contributed by atoms with Gasteiger partial charge in [0, 0.05) is 17.6 Å². The number of hydrogen-bond acceptors (Lipinski definition) is 3. The first-order valence-corrected chi connectivity index (χ1v) is 13.3. The first-order chi connectivity index (χ1) is 16.3. The van der Waals surface area contributed by atoms with Crippen LogP contribution >= 0.6 is 50.7 Å². The van der Waals surface area contributed by atoms with E-state index in [1.807, 2.05) is 6.92 Å². The van der Waals surface area contributed by atoms with Crippen LogP contribution in [0.4, 0.5) is 0 Å². The zero-order valence-corrected chi connectivity index (χ0v) is 22.8. The fraction of sp³-hybridized carbons (Fsp3) is 0.440. The van der Waals surface area contributed by atoms with Crippen LogP contribution in [0.5, 0.6) is 5.75 Å². The minimum atomic E-state index is -0.638. The van der Waals surface area contributed by atoms with Crippen LogP contribution in [0, 0.1) is 0 Å². The number of carbonyl (C=O) groups is 2. The van der Waals surface area contributed by atoms with Crippen molar-refractivity contribution in [3.8, 4) is 5.75 Å². The van der Waals surface area contributed by atoms with Crippen LogP contribution in [-0.2, 0) is 16.1 Å². The molecular weight excluding hydrogens is 563 g/mol. The number of rotatable bonds is 9. The maximum absolute atomic E-state index is 13.4. The van der Waals surface area contributed by atoms with Crippen molar-refractivity contribution in [1.82, 2.24) is 10.2 Å². The highest BCUT2D eigenvalue weighted by atomic mass is 79.9. The minimum Gasteiger partial charge on any atom is -0.483 e. The van der Waals surface area contributed by atoms with Crippen LogP contribution in [-0.4, -0.2) is 35.4 Å². The number of hydrogen-bond donors (Lipinski definition) is 1. The van der Waals surface area contributed by atoms with Gasteiger partial charge >= 0.3 is 0 Å². The van der Waals surface area contributed by atoms with Crippen molar-refractivity contribution in [2.75, 3.05) is 6.61 Å². The van der Waals surface area contributed by atoms with E-state index in [1.54, 1.807) is 41.3 Å². The van der Waals surface area contributed by atoms with E-state index in [4.69, 9.17) is 39.5 Å². The van der Waals surface area contributed by atoms with Gasteiger partial charge in [0.1, 0.15) is 11.8 Å². The Morgan fingerprint density at radius 1 is 1.09 bits per heavy atom. The van der Waals surface area contributed by atoms with E-state index in [0.717, 1.165) is 31.2 Å². The van der Waals surface area contributed by atoms with Gasteiger partial charge in [-0.1, -0.05) is 67.1 Å². The molecule has 0 spiro atoms. The third-order valence-electron chi connectivity index (χ3n) is 5.92. The fourth-order valence-corrected chi connectivity index (χ4v) is 5.23. The van der Waals surface area contributed by atoms with Gasteiger partial charge in [-0.3, -0.25) is 9.59 Å². The summed E-state index contributed by atoms with van der Waals surface area (Å²) in [6, 6.07) is 9.79. The predicted octanol–water partition coefficient (Wildman–Crippen LogP) is 7.04. The normalized spacial score (nSPS) is 15.0. The molecule has 9 heteroatoms. The van der Waals surface area contributed by atoms with Gasteiger partial charge in [-0.2, -0.15) is 0 Å². The molecule has 2 aromatic carbocycles. The predicted molar refractivity (Wildman–Crippen MR) is 141 cm³/mol. The van der Waals surface area contributed by atoms with Crippen molar-refractivity contribution < 1.29 is 14.3 Å². The molecule has 0 heterocycles. The monoisotopic (exact) mass is 588 g/mol. The third kappa shape index (κ3) is 7.51. The summed E-state index contributed by atoms with van der Waals surface area (Å²) in [5, 5.41) is 4.54. The molecule has 5 nitrogen and oxygen atoms in total. The Balaban J connectivity index is 1.79. The van der Waals surface area contributed by atoms with E-state index < -0.39 is 6.04 Å². The summed E-state index contributed by atoms with van der Waals surface area (Å²) < 4.78 is 6.41.